The van der Waals surface area contributed by atoms with E-state index in [4.69, 9.17) is 9.84 Å². The molecule has 6 atom stereocenters. The number of imide groups is 1. The first kappa shape index (κ1) is 20.0. The van der Waals surface area contributed by atoms with Gasteiger partial charge in [-0.2, -0.15) is 0 Å². The van der Waals surface area contributed by atoms with Crippen molar-refractivity contribution in [3.63, 3.8) is 0 Å². The van der Waals surface area contributed by atoms with Gasteiger partial charge in [0.25, 0.3) is 5.91 Å². The summed E-state index contributed by atoms with van der Waals surface area (Å²) in [6, 6.07) is 4.59. The van der Waals surface area contributed by atoms with Crippen LogP contribution < -0.4 is 5.32 Å². The number of carbonyl (C=O) groups excluding carboxylic acids is 2. The predicted octanol–water partition coefficient (Wildman–Crippen LogP) is -1.56. The number of hydrogen-bond acceptors (Lipinski definition) is 8. The minimum Gasteiger partial charge on any atom is -0.508 e. The second-order valence-electron chi connectivity index (χ2n) is 6.67. The van der Waals surface area contributed by atoms with Crippen LogP contribution in [0, 0.1) is 0 Å². The molecule has 6 N–H and O–H groups in total. The largest absolute Gasteiger partial charge is 0.508 e. The van der Waals surface area contributed by atoms with Gasteiger partial charge in [0, 0.05) is 0 Å². The summed E-state index contributed by atoms with van der Waals surface area (Å²) in [5, 5.41) is 51.1. The molecule has 0 saturated carbocycles. The molecule has 2 unspecified atom stereocenters. The quantitative estimate of drug-likeness (QED) is 0.329. The Labute approximate surface area is 158 Å². The van der Waals surface area contributed by atoms with E-state index < -0.39 is 54.1 Å². The standard InChI is InChI=1S/C17H20N2O9/c1-2-17(7-3-5-8(20)6-4-7)15(26)19(16(27)18-17)13-11(23)9(21)10(22)12(28-13)14(24)25/h3-6,9-13,20-23H,2H2,1H3,(H,18,27)(H,24,25)/t9-,10-,11+,12-,13?,17?/m0/s1. The lowest BCUT2D eigenvalue weighted by molar-refractivity contribution is -0.250. The second-order valence-corrected chi connectivity index (χ2v) is 6.67. The highest BCUT2D eigenvalue weighted by molar-refractivity contribution is 6.07. The fourth-order valence-electron chi connectivity index (χ4n) is 3.49. The molecule has 1 aromatic rings. The third-order valence-corrected chi connectivity index (χ3v) is 5.10. The van der Waals surface area contributed by atoms with Crippen molar-refractivity contribution in [2.45, 2.75) is 49.5 Å². The number of carboxylic acid groups (broad SMARTS) is 1. The van der Waals surface area contributed by atoms with Crippen molar-refractivity contribution in [2.24, 2.45) is 0 Å². The summed E-state index contributed by atoms with van der Waals surface area (Å²) in [6.45, 7) is 1.63. The van der Waals surface area contributed by atoms with Crippen molar-refractivity contribution in [1.82, 2.24) is 10.2 Å². The van der Waals surface area contributed by atoms with Crippen LogP contribution in [0.4, 0.5) is 4.79 Å². The van der Waals surface area contributed by atoms with Crippen LogP contribution in [0.1, 0.15) is 18.9 Å². The van der Waals surface area contributed by atoms with Crippen molar-refractivity contribution < 1.29 is 44.7 Å². The third-order valence-electron chi connectivity index (χ3n) is 5.10. The zero-order chi connectivity index (χ0) is 20.8. The van der Waals surface area contributed by atoms with Gasteiger partial charge in [-0.05, 0) is 24.1 Å². The van der Waals surface area contributed by atoms with Crippen LogP contribution in [0.3, 0.4) is 0 Å². The summed E-state index contributed by atoms with van der Waals surface area (Å²) in [5.74, 6) is -2.51. The molecule has 0 aromatic heterocycles. The molecule has 2 aliphatic heterocycles. The van der Waals surface area contributed by atoms with E-state index >= 15 is 0 Å². The minimum absolute atomic E-state index is 0.0453. The Morgan fingerprint density at radius 2 is 1.75 bits per heavy atom. The number of aliphatic carboxylic acids is 1. The third kappa shape index (κ3) is 2.88. The molecular formula is C17H20N2O9. The molecule has 0 bridgehead atoms. The van der Waals surface area contributed by atoms with E-state index in [0.29, 0.717) is 10.5 Å². The lowest BCUT2D eigenvalue weighted by Gasteiger charge is -2.41. The molecule has 28 heavy (non-hydrogen) atoms. The van der Waals surface area contributed by atoms with Gasteiger partial charge in [0.05, 0.1) is 0 Å². The highest BCUT2D eigenvalue weighted by Crippen LogP contribution is 2.36. The zero-order valence-corrected chi connectivity index (χ0v) is 14.7. The van der Waals surface area contributed by atoms with Gasteiger partial charge in [0.15, 0.2) is 12.3 Å². The Balaban J connectivity index is 1.98. The topological polar surface area (TPSA) is 177 Å². The number of amides is 3. The Morgan fingerprint density at radius 1 is 1.14 bits per heavy atom. The molecular weight excluding hydrogens is 376 g/mol. The maximum absolute atomic E-state index is 13.2. The number of phenols is 1. The lowest BCUT2D eigenvalue weighted by Crippen LogP contribution is -2.65. The summed E-state index contributed by atoms with van der Waals surface area (Å²) in [6.07, 6.45) is -9.49. The molecule has 1 aromatic carbocycles. The van der Waals surface area contributed by atoms with Crippen molar-refractivity contribution in [3.8, 4) is 5.75 Å². The van der Waals surface area contributed by atoms with Crippen molar-refractivity contribution in [1.29, 1.82) is 0 Å². The number of rotatable bonds is 4. The number of ether oxygens (including phenoxy) is 1. The van der Waals surface area contributed by atoms with Gasteiger partial charge in [0.2, 0.25) is 0 Å². The van der Waals surface area contributed by atoms with Gasteiger partial charge in [-0.15, -0.1) is 0 Å². The van der Waals surface area contributed by atoms with Crippen LogP contribution in [0.25, 0.3) is 0 Å². The van der Waals surface area contributed by atoms with E-state index in [-0.39, 0.29) is 12.2 Å². The predicted molar refractivity (Wildman–Crippen MR) is 89.8 cm³/mol. The Hall–Kier alpha value is -2.73. The second kappa shape index (κ2) is 7.02. The Kier molecular flexibility index (Phi) is 5.02. The number of aromatic hydroxyl groups is 1. The van der Waals surface area contributed by atoms with Gasteiger partial charge in [-0.1, -0.05) is 19.1 Å². The van der Waals surface area contributed by atoms with Crippen LogP contribution in [0.5, 0.6) is 5.75 Å². The van der Waals surface area contributed by atoms with Gasteiger partial charge < -0.3 is 35.6 Å². The molecule has 2 saturated heterocycles. The monoisotopic (exact) mass is 396 g/mol. The number of nitrogens with one attached hydrogen (secondary N) is 1. The maximum atomic E-state index is 13.2. The normalized spacial score (nSPS) is 35.7. The summed E-state index contributed by atoms with van der Waals surface area (Å²) in [5.41, 5.74) is -1.18. The number of aliphatic hydroxyl groups excluding tert-OH is 3. The van der Waals surface area contributed by atoms with Crippen LogP contribution in [-0.2, 0) is 19.9 Å². The van der Waals surface area contributed by atoms with E-state index in [1.54, 1.807) is 6.92 Å². The molecule has 11 nitrogen and oxygen atoms in total. The molecule has 0 spiro atoms. The maximum Gasteiger partial charge on any atom is 0.335 e. The summed E-state index contributed by atoms with van der Waals surface area (Å²) < 4.78 is 5.11. The zero-order valence-electron chi connectivity index (χ0n) is 14.7. The number of carbonyl (C=O) groups is 3. The number of carboxylic acids is 1. The summed E-state index contributed by atoms with van der Waals surface area (Å²) in [4.78, 5) is 37.5. The van der Waals surface area contributed by atoms with Crippen molar-refractivity contribution in [3.05, 3.63) is 29.8 Å². The van der Waals surface area contributed by atoms with Crippen molar-refractivity contribution in [2.75, 3.05) is 0 Å². The number of nitrogens with zero attached hydrogens (tertiary/aromatic N) is 1. The van der Waals surface area contributed by atoms with E-state index in [1.165, 1.54) is 24.3 Å². The van der Waals surface area contributed by atoms with E-state index in [1.807, 2.05) is 0 Å². The molecule has 0 aliphatic carbocycles. The number of hydrogen-bond donors (Lipinski definition) is 6. The first-order valence-electron chi connectivity index (χ1n) is 8.52. The first-order valence-corrected chi connectivity index (χ1v) is 8.52. The highest BCUT2D eigenvalue weighted by Gasteiger charge is 2.58. The number of urea groups is 1. The van der Waals surface area contributed by atoms with Gasteiger partial charge >= 0.3 is 12.0 Å². The number of phenolic OH excluding ortho intramolecular Hbond substituents is 1. The highest BCUT2D eigenvalue weighted by atomic mass is 16.6. The van der Waals surface area contributed by atoms with E-state index in [0.717, 1.165) is 0 Å². The van der Waals surface area contributed by atoms with Crippen molar-refractivity contribution >= 4 is 17.9 Å². The first-order chi connectivity index (χ1) is 13.1. The average molecular weight is 396 g/mol. The van der Waals surface area contributed by atoms with E-state index in [9.17, 15) is 34.8 Å². The van der Waals surface area contributed by atoms with Crippen LogP contribution in [0.15, 0.2) is 24.3 Å². The van der Waals surface area contributed by atoms with Crippen LogP contribution in [0.2, 0.25) is 0 Å². The number of aliphatic hydroxyl groups is 3. The molecule has 2 heterocycles. The SMILES string of the molecule is CCC1(c2ccc(O)cc2)NC(=O)N(C2O[C@H](C(=O)O)[C@@H](O)[C@H](O)[C@H]2O)C1=O. The number of benzene rings is 1. The fraction of sp³-hybridized carbons (Fsp3) is 0.471. The van der Waals surface area contributed by atoms with Gasteiger partial charge in [-0.3, -0.25) is 4.79 Å². The molecule has 2 fully saturated rings. The molecule has 152 valence electrons. The van der Waals surface area contributed by atoms with Gasteiger partial charge in [0.1, 0.15) is 29.6 Å². The molecule has 2 aliphatic rings. The lowest BCUT2D eigenvalue weighted by atomic mass is 9.87. The van der Waals surface area contributed by atoms with Gasteiger partial charge in [-0.25, -0.2) is 14.5 Å². The smallest absolute Gasteiger partial charge is 0.335 e. The average Bonchev–Trinajstić information content (AvgIpc) is 2.91. The summed E-state index contributed by atoms with van der Waals surface area (Å²) in [7, 11) is 0. The minimum atomic E-state index is -1.95. The molecule has 3 rings (SSSR count). The summed E-state index contributed by atoms with van der Waals surface area (Å²) >= 11 is 0. The van der Waals surface area contributed by atoms with Crippen LogP contribution in [-0.4, -0.2) is 79.0 Å². The Morgan fingerprint density at radius 3 is 2.29 bits per heavy atom. The molecule has 11 heteroatoms. The van der Waals surface area contributed by atoms with E-state index in [2.05, 4.69) is 5.32 Å². The fourth-order valence-corrected chi connectivity index (χ4v) is 3.49. The Bertz CT molecular complexity index is 798. The molecule has 3 amide bonds. The van der Waals surface area contributed by atoms with Crippen LogP contribution >= 0.6 is 0 Å². The molecule has 0 radical (unpaired) electrons.